The minimum atomic E-state index is -4.54. The van der Waals surface area contributed by atoms with Gasteiger partial charge < -0.3 is 10.6 Å². The van der Waals surface area contributed by atoms with Crippen LogP contribution in [0, 0.1) is 5.92 Å². The Morgan fingerprint density at radius 3 is 2.86 bits per heavy atom. The zero-order valence-corrected chi connectivity index (χ0v) is 15.4. The zero-order valence-electron chi connectivity index (χ0n) is 15.4. The molecule has 0 radical (unpaired) electrons. The number of aromatic nitrogens is 4. The fourth-order valence-corrected chi connectivity index (χ4v) is 3.83. The number of aromatic amines is 1. The predicted molar refractivity (Wildman–Crippen MR) is 111 cm³/mol. The number of halogens is 3. The molecule has 0 unspecified atom stereocenters. The highest BCUT2D eigenvalue weighted by molar-refractivity contribution is 5.90. The normalized spacial score (nSPS) is 20.2. The van der Waals surface area contributed by atoms with Crippen LogP contribution in [0.1, 0.15) is 32.5 Å². The molecular formula is C19H31F3N6. The van der Waals surface area contributed by atoms with E-state index in [2.05, 4.69) is 27.1 Å². The average molecular weight is 400 g/mol. The molecule has 0 spiro atoms. The van der Waals surface area contributed by atoms with Crippen LogP contribution >= 0.6 is 0 Å². The van der Waals surface area contributed by atoms with Crippen molar-refractivity contribution < 1.29 is 20.3 Å². The lowest BCUT2D eigenvalue weighted by Crippen LogP contribution is -2.29. The molecule has 1 saturated heterocycles. The van der Waals surface area contributed by atoms with E-state index in [4.69, 9.17) is 5.73 Å². The first kappa shape index (κ1) is 18.7. The van der Waals surface area contributed by atoms with Crippen molar-refractivity contribution >= 4 is 16.9 Å². The van der Waals surface area contributed by atoms with Crippen molar-refractivity contribution in [1.29, 1.82) is 0 Å². The molecule has 3 aromatic rings. The van der Waals surface area contributed by atoms with Crippen molar-refractivity contribution in [2.45, 2.75) is 32.0 Å². The number of hydrogen-bond donors (Lipinski definition) is 2. The van der Waals surface area contributed by atoms with Crippen molar-refractivity contribution in [3.8, 4) is 11.4 Å². The molecule has 0 aromatic carbocycles. The van der Waals surface area contributed by atoms with Crippen molar-refractivity contribution in [2.24, 2.45) is 11.7 Å². The molecule has 3 aromatic heterocycles. The smallest absolute Gasteiger partial charge is 0.355 e. The number of nitrogens with two attached hydrogens (primary N) is 1. The maximum absolute atomic E-state index is 13.7. The fourth-order valence-electron chi connectivity index (χ4n) is 3.83. The monoisotopic (exact) mass is 400 g/mol. The highest BCUT2D eigenvalue weighted by Gasteiger charge is 2.37. The van der Waals surface area contributed by atoms with Crippen molar-refractivity contribution in [2.75, 3.05) is 18.0 Å². The van der Waals surface area contributed by atoms with Gasteiger partial charge >= 0.3 is 6.18 Å². The summed E-state index contributed by atoms with van der Waals surface area (Å²) in [5, 5.41) is 7.20. The molecule has 6 nitrogen and oxygen atoms in total. The van der Waals surface area contributed by atoms with Gasteiger partial charge in [0, 0.05) is 37.8 Å². The summed E-state index contributed by atoms with van der Waals surface area (Å²) in [4.78, 5) is 10.4. The van der Waals surface area contributed by atoms with Gasteiger partial charge in [-0.05, 0) is 36.6 Å². The molecular weight excluding hydrogens is 369 g/mol. The second-order valence-corrected chi connectivity index (χ2v) is 7.15. The highest BCUT2D eigenvalue weighted by atomic mass is 19.4. The van der Waals surface area contributed by atoms with Crippen LogP contribution in [0.25, 0.3) is 22.4 Å². The summed E-state index contributed by atoms with van der Waals surface area (Å²) >= 11 is 0. The minimum absolute atomic E-state index is 0. The number of nitrogens with zero attached hydrogens (tertiary/aromatic N) is 4. The summed E-state index contributed by atoms with van der Waals surface area (Å²) in [6.07, 6.45) is -0.985. The van der Waals surface area contributed by atoms with Crippen LogP contribution < -0.4 is 10.6 Å². The lowest BCUT2D eigenvalue weighted by atomic mass is 9.99. The predicted octanol–water partition coefficient (Wildman–Crippen LogP) is 4.83. The third-order valence-electron chi connectivity index (χ3n) is 5.23. The maximum atomic E-state index is 13.7. The SMILES string of the molecule is CCC[C@@H]1CN(c2ccc(C(F)(F)F)c(-c3[nH]nc4ncccc34)n2)C[C@H]1N.[HH].[HH].[HH].[HH].[HH]. The third kappa shape index (κ3) is 3.30. The summed E-state index contributed by atoms with van der Waals surface area (Å²) in [5.74, 6) is 0.804. The molecule has 4 rings (SSSR count). The molecule has 9 heteroatoms. The van der Waals surface area contributed by atoms with Gasteiger partial charge in [0.25, 0.3) is 0 Å². The molecule has 28 heavy (non-hydrogen) atoms. The van der Waals surface area contributed by atoms with Crippen LogP contribution in [-0.2, 0) is 6.18 Å². The van der Waals surface area contributed by atoms with E-state index >= 15 is 0 Å². The zero-order chi connectivity index (χ0) is 19.9. The van der Waals surface area contributed by atoms with Gasteiger partial charge in [-0.15, -0.1) is 0 Å². The minimum Gasteiger partial charge on any atom is -0.355 e. The van der Waals surface area contributed by atoms with Crippen LogP contribution in [0.2, 0.25) is 0 Å². The average Bonchev–Trinajstić information content (AvgIpc) is 3.25. The Hall–Kier alpha value is -2.68. The van der Waals surface area contributed by atoms with E-state index in [1.54, 1.807) is 18.3 Å². The molecule has 1 aliphatic heterocycles. The number of pyridine rings is 2. The van der Waals surface area contributed by atoms with E-state index in [0.717, 1.165) is 18.9 Å². The quantitative estimate of drug-likeness (QED) is 0.655. The Bertz CT molecular complexity index is 1000. The molecule has 0 aliphatic carbocycles. The van der Waals surface area contributed by atoms with Crippen LogP contribution in [0.3, 0.4) is 0 Å². The number of anilines is 1. The second kappa shape index (κ2) is 7.05. The van der Waals surface area contributed by atoms with Crippen molar-refractivity contribution in [3.05, 3.63) is 36.0 Å². The van der Waals surface area contributed by atoms with Crippen molar-refractivity contribution in [3.63, 3.8) is 0 Å². The Morgan fingerprint density at radius 1 is 1.29 bits per heavy atom. The molecule has 1 fully saturated rings. The van der Waals surface area contributed by atoms with Gasteiger partial charge in [0.2, 0.25) is 0 Å². The number of fused-ring (bicyclic) bond motifs is 1. The van der Waals surface area contributed by atoms with E-state index in [0.29, 0.717) is 35.9 Å². The number of hydrogen-bond acceptors (Lipinski definition) is 5. The van der Waals surface area contributed by atoms with E-state index in [-0.39, 0.29) is 24.6 Å². The van der Waals surface area contributed by atoms with Gasteiger partial charge in [0.1, 0.15) is 11.5 Å². The molecule has 1 aliphatic rings. The first-order valence-corrected chi connectivity index (χ1v) is 9.26. The molecule has 2 atom stereocenters. The van der Waals surface area contributed by atoms with E-state index in [9.17, 15) is 13.2 Å². The number of alkyl halides is 3. The Kier molecular flexibility index (Phi) is 4.70. The molecule has 0 saturated carbocycles. The van der Waals surface area contributed by atoms with Gasteiger partial charge in [-0.25, -0.2) is 9.97 Å². The molecule has 4 heterocycles. The Balaban J connectivity index is 0. The number of nitrogens with one attached hydrogen (secondary N) is 1. The van der Waals surface area contributed by atoms with E-state index in [1.807, 2.05) is 4.90 Å². The van der Waals surface area contributed by atoms with Crippen LogP contribution in [-0.4, -0.2) is 39.3 Å². The number of H-pyrrole nitrogens is 1. The lowest BCUT2D eigenvalue weighted by molar-refractivity contribution is -0.137. The van der Waals surface area contributed by atoms with Gasteiger partial charge in [-0.3, -0.25) is 5.10 Å². The largest absolute Gasteiger partial charge is 0.418 e. The standard InChI is InChI=1S/C19H21F3N6.5H2/c1-2-4-11-9-28(10-14(11)23)15-7-6-13(19(20,21)22)17(25-15)16-12-5-3-8-24-18(12)27-26-16;;;;;/h3,5-8,11,14H,2,4,9-10,23H2,1H3,(H,24,26,27);5*1H/t11-,14-;;;;;/m1...../s1. The molecule has 0 amide bonds. The van der Waals surface area contributed by atoms with Crippen molar-refractivity contribution in [1.82, 2.24) is 20.2 Å². The van der Waals surface area contributed by atoms with Gasteiger partial charge in [0.15, 0.2) is 5.65 Å². The van der Waals surface area contributed by atoms with Gasteiger partial charge in [-0.1, -0.05) is 13.3 Å². The molecule has 0 bridgehead atoms. The summed E-state index contributed by atoms with van der Waals surface area (Å²) in [7, 11) is 0. The van der Waals surface area contributed by atoms with Crippen LogP contribution in [0.15, 0.2) is 30.5 Å². The van der Waals surface area contributed by atoms with Gasteiger partial charge in [-0.2, -0.15) is 18.3 Å². The van der Waals surface area contributed by atoms with E-state index < -0.39 is 11.7 Å². The molecule has 3 N–H and O–H groups in total. The van der Waals surface area contributed by atoms with Gasteiger partial charge in [0.05, 0.1) is 11.3 Å². The van der Waals surface area contributed by atoms with Crippen LogP contribution in [0.5, 0.6) is 0 Å². The lowest BCUT2D eigenvalue weighted by Gasteiger charge is -2.20. The summed E-state index contributed by atoms with van der Waals surface area (Å²) in [6, 6.07) is 5.83. The fraction of sp³-hybridized carbons (Fsp3) is 0.421. The van der Waals surface area contributed by atoms with E-state index in [1.165, 1.54) is 6.07 Å². The third-order valence-corrected chi connectivity index (χ3v) is 5.23. The first-order valence-electron chi connectivity index (χ1n) is 9.26. The maximum Gasteiger partial charge on any atom is 0.418 e. The Morgan fingerprint density at radius 2 is 2.11 bits per heavy atom. The number of rotatable bonds is 4. The summed E-state index contributed by atoms with van der Waals surface area (Å²) in [5.41, 5.74) is 5.81. The Labute approximate surface area is 167 Å². The first-order chi connectivity index (χ1) is 13.4. The molecule has 158 valence electrons. The summed E-state index contributed by atoms with van der Waals surface area (Å²) in [6.45, 7) is 3.37. The second-order valence-electron chi connectivity index (χ2n) is 7.15. The topological polar surface area (TPSA) is 83.7 Å². The highest BCUT2D eigenvalue weighted by Crippen LogP contribution is 2.39. The summed E-state index contributed by atoms with van der Waals surface area (Å²) < 4.78 is 41.0. The van der Waals surface area contributed by atoms with Crippen LogP contribution in [0.4, 0.5) is 19.0 Å².